The number of anilines is 2. The molecule has 3 heterocycles. The number of fused-ring (bicyclic) bond motifs is 2. The Morgan fingerprint density at radius 3 is 2.26 bits per heavy atom. The van der Waals surface area contributed by atoms with Gasteiger partial charge >= 0.3 is 0 Å². The summed E-state index contributed by atoms with van der Waals surface area (Å²) in [6.07, 6.45) is 5.91. The lowest BCUT2D eigenvalue weighted by molar-refractivity contribution is 0.162. The molecule has 1 saturated heterocycles. The SMILES string of the molecule is CC(c1ccccc1)N1CCC(N2c3ccccc3Oc3cc(-c4ccncc4)ccc32)CC1. The van der Waals surface area contributed by atoms with Crippen molar-refractivity contribution >= 4 is 11.4 Å². The molecule has 0 spiro atoms. The first-order valence-electron chi connectivity index (χ1n) is 12.2. The molecule has 2 aliphatic heterocycles. The number of benzene rings is 3. The van der Waals surface area contributed by atoms with Crippen LogP contribution >= 0.6 is 0 Å². The summed E-state index contributed by atoms with van der Waals surface area (Å²) >= 11 is 0. The molecule has 1 atom stereocenters. The lowest BCUT2D eigenvalue weighted by Gasteiger charge is -2.44. The van der Waals surface area contributed by atoms with E-state index in [9.17, 15) is 0 Å². The molecule has 0 saturated carbocycles. The van der Waals surface area contributed by atoms with Crippen LogP contribution in [-0.4, -0.2) is 29.0 Å². The van der Waals surface area contributed by atoms with Crippen molar-refractivity contribution in [3.05, 3.63) is 103 Å². The highest BCUT2D eigenvalue weighted by molar-refractivity contribution is 5.81. The van der Waals surface area contributed by atoms with Gasteiger partial charge in [-0.2, -0.15) is 0 Å². The van der Waals surface area contributed by atoms with Gasteiger partial charge in [0, 0.05) is 37.6 Å². The van der Waals surface area contributed by atoms with Crippen molar-refractivity contribution in [2.24, 2.45) is 0 Å². The van der Waals surface area contributed by atoms with Gasteiger partial charge in [-0.05, 0) is 72.9 Å². The average molecular weight is 448 g/mol. The summed E-state index contributed by atoms with van der Waals surface area (Å²) in [5, 5.41) is 0. The van der Waals surface area contributed by atoms with Crippen molar-refractivity contribution in [1.29, 1.82) is 0 Å². The molecule has 0 aliphatic carbocycles. The molecule has 4 nitrogen and oxygen atoms in total. The Labute approximate surface area is 201 Å². The highest BCUT2D eigenvalue weighted by atomic mass is 16.5. The Bertz CT molecular complexity index is 1270. The van der Waals surface area contributed by atoms with Gasteiger partial charge in [-0.15, -0.1) is 0 Å². The van der Waals surface area contributed by atoms with Gasteiger partial charge in [-0.25, -0.2) is 0 Å². The first-order chi connectivity index (χ1) is 16.8. The van der Waals surface area contributed by atoms with Crippen LogP contribution in [0.2, 0.25) is 0 Å². The second kappa shape index (κ2) is 8.96. The van der Waals surface area contributed by atoms with Crippen LogP contribution in [0.1, 0.15) is 31.4 Å². The summed E-state index contributed by atoms with van der Waals surface area (Å²) in [7, 11) is 0. The number of likely N-dealkylation sites (tertiary alicyclic amines) is 1. The molecule has 0 radical (unpaired) electrons. The van der Waals surface area contributed by atoms with Gasteiger partial charge in [-0.1, -0.05) is 48.5 Å². The van der Waals surface area contributed by atoms with Crippen LogP contribution in [0.15, 0.2) is 97.3 Å². The molecule has 2 aliphatic rings. The topological polar surface area (TPSA) is 28.6 Å². The molecule has 34 heavy (non-hydrogen) atoms. The molecule has 3 aromatic carbocycles. The summed E-state index contributed by atoms with van der Waals surface area (Å²) in [4.78, 5) is 9.30. The molecular formula is C30H29N3O. The smallest absolute Gasteiger partial charge is 0.151 e. The van der Waals surface area contributed by atoms with Gasteiger partial charge < -0.3 is 9.64 Å². The van der Waals surface area contributed by atoms with E-state index in [-0.39, 0.29) is 0 Å². The van der Waals surface area contributed by atoms with E-state index >= 15 is 0 Å². The number of piperidine rings is 1. The van der Waals surface area contributed by atoms with Crippen molar-refractivity contribution in [2.75, 3.05) is 18.0 Å². The van der Waals surface area contributed by atoms with E-state index in [0.717, 1.165) is 54.2 Å². The average Bonchev–Trinajstić information content (AvgIpc) is 2.92. The lowest BCUT2D eigenvalue weighted by atomic mass is 9.96. The van der Waals surface area contributed by atoms with E-state index in [4.69, 9.17) is 4.74 Å². The van der Waals surface area contributed by atoms with Crippen LogP contribution in [0.4, 0.5) is 11.4 Å². The largest absolute Gasteiger partial charge is 0.453 e. The number of hydrogen-bond acceptors (Lipinski definition) is 4. The molecule has 4 aromatic rings. The van der Waals surface area contributed by atoms with Crippen LogP contribution < -0.4 is 9.64 Å². The van der Waals surface area contributed by atoms with E-state index in [1.807, 2.05) is 24.5 Å². The van der Waals surface area contributed by atoms with Gasteiger partial charge in [0.15, 0.2) is 11.5 Å². The molecule has 6 rings (SSSR count). The Morgan fingerprint density at radius 2 is 1.47 bits per heavy atom. The zero-order chi connectivity index (χ0) is 22.9. The minimum Gasteiger partial charge on any atom is -0.453 e. The zero-order valence-corrected chi connectivity index (χ0v) is 19.5. The number of hydrogen-bond donors (Lipinski definition) is 0. The standard InChI is InChI=1S/C30H29N3O/c1-22(23-7-3-2-4-8-23)32-19-15-26(16-20-32)33-27-9-5-6-10-29(27)34-30-21-25(11-12-28(30)33)24-13-17-31-18-14-24/h2-14,17-18,21-22,26H,15-16,19-20H2,1H3. The number of ether oxygens (including phenoxy) is 1. The predicted octanol–water partition coefficient (Wildman–Crippen LogP) is 7.22. The Morgan fingerprint density at radius 1 is 0.765 bits per heavy atom. The number of nitrogens with zero attached hydrogens (tertiary/aromatic N) is 3. The van der Waals surface area contributed by atoms with Crippen molar-refractivity contribution < 1.29 is 4.74 Å². The predicted molar refractivity (Wildman–Crippen MR) is 138 cm³/mol. The summed E-state index contributed by atoms with van der Waals surface area (Å²) in [6.45, 7) is 4.50. The fraction of sp³-hybridized carbons (Fsp3) is 0.233. The maximum atomic E-state index is 6.41. The van der Waals surface area contributed by atoms with Crippen LogP contribution in [0, 0.1) is 0 Å². The van der Waals surface area contributed by atoms with Crippen LogP contribution in [0.5, 0.6) is 11.5 Å². The van der Waals surface area contributed by atoms with E-state index in [2.05, 4.69) is 94.5 Å². The van der Waals surface area contributed by atoms with Gasteiger partial charge in [0.2, 0.25) is 0 Å². The molecule has 0 amide bonds. The van der Waals surface area contributed by atoms with Crippen molar-refractivity contribution in [3.8, 4) is 22.6 Å². The van der Waals surface area contributed by atoms with Gasteiger partial charge in [0.1, 0.15) is 0 Å². The summed E-state index contributed by atoms with van der Waals surface area (Å²) in [5.41, 5.74) is 6.01. The second-order valence-electron chi connectivity index (χ2n) is 9.21. The zero-order valence-electron chi connectivity index (χ0n) is 19.5. The quantitative estimate of drug-likeness (QED) is 0.330. The van der Waals surface area contributed by atoms with E-state index < -0.39 is 0 Å². The minimum atomic E-state index is 0.439. The van der Waals surface area contributed by atoms with E-state index in [1.54, 1.807) is 0 Å². The number of para-hydroxylation sites is 2. The summed E-state index contributed by atoms with van der Waals surface area (Å²) in [5.74, 6) is 1.86. The Balaban J connectivity index is 1.29. The fourth-order valence-corrected chi connectivity index (χ4v) is 5.38. The maximum absolute atomic E-state index is 6.41. The maximum Gasteiger partial charge on any atom is 0.151 e. The third kappa shape index (κ3) is 3.84. The molecule has 1 fully saturated rings. The molecule has 170 valence electrons. The Kier molecular flexibility index (Phi) is 5.52. The lowest BCUT2D eigenvalue weighted by Crippen LogP contribution is -2.44. The number of rotatable bonds is 4. The monoisotopic (exact) mass is 447 g/mol. The van der Waals surface area contributed by atoms with Crippen LogP contribution in [0.25, 0.3) is 11.1 Å². The molecule has 4 heteroatoms. The van der Waals surface area contributed by atoms with Crippen LogP contribution in [-0.2, 0) is 0 Å². The van der Waals surface area contributed by atoms with E-state index in [0.29, 0.717) is 12.1 Å². The third-order valence-electron chi connectivity index (χ3n) is 7.27. The molecule has 0 N–H and O–H groups in total. The van der Waals surface area contributed by atoms with Crippen molar-refractivity contribution in [1.82, 2.24) is 9.88 Å². The minimum absolute atomic E-state index is 0.439. The Hall–Kier alpha value is -3.63. The second-order valence-corrected chi connectivity index (χ2v) is 9.21. The molecule has 1 unspecified atom stereocenters. The van der Waals surface area contributed by atoms with Crippen molar-refractivity contribution in [2.45, 2.75) is 31.8 Å². The van der Waals surface area contributed by atoms with Gasteiger partial charge in [-0.3, -0.25) is 9.88 Å². The fourth-order valence-electron chi connectivity index (χ4n) is 5.38. The first kappa shape index (κ1) is 20.9. The summed E-state index contributed by atoms with van der Waals surface area (Å²) in [6, 6.07) is 30.8. The summed E-state index contributed by atoms with van der Waals surface area (Å²) < 4.78 is 6.41. The highest BCUT2D eigenvalue weighted by Gasteiger charge is 2.33. The molecule has 0 bridgehead atoms. The van der Waals surface area contributed by atoms with Crippen molar-refractivity contribution in [3.63, 3.8) is 0 Å². The number of pyridine rings is 1. The third-order valence-corrected chi connectivity index (χ3v) is 7.27. The van der Waals surface area contributed by atoms with Gasteiger partial charge in [0.25, 0.3) is 0 Å². The molecular weight excluding hydrogens is 418 g/mol. The van der Waals surface area contributed by atoms with E-state index in [1.165, 1.54) is 11.3 Å². The molecule has 1 aromatic heterocycles. The number of aromatic nitrogens is 1. The van der Waals surface area contributed by atoms with Gasteiger partial charge in [0.05, 0.1) is 11.4 Å². The highest BCUT2D eigenvalue weighted by Crippen LogP contribution is 2.49. The normalized spacial score (nSPS) is 16.9. The first-order valence-corrected chi connectivity index (χ1v) is 12.2. The van der Waals surface area contributed by atoms with Crippen LogP contribution in [0.3, 0.4) is 0 Å².